The topological polar surface area (TPSA) is 99.9 Å². The smallest absolute Gasteiger partial charge is 0.333 e. The second kappa shape index (κ2) is 14.1. The number of esters is 1. The summed E-state index contributed by atoms with van der Waals surface area (Å²) in [6, 6.07) is 0.695. The van der Waals surface area contributed by atoms with E-state index in [9.17, 15) is 9.59 Å². The summed E-state index contributed by atoms with van der Waals surface area (Å²) in [7, 11) is -3.09. The van der Waals surface area contributed by atoms with Crippen molar-refractivity contribution in [1.82, 2.24) is 5.32 Å². The summed E-state index contributed by atoms with van der Waals surface area (Å²) >= 11 is 0. The zero-order valence-electron chi connectivity index (χ0n) is 18.4. The third-order valence-corrected chi connectivity index (χ3v) is 7.27. The highest BCUT2D eigenvalue weighted by atomic mass is 28.4. The van der Waals surface area contributed by atoms with Crippen LogP contribution < -0.4 is 11.1 Å². The van der Waals surface area contributed by atoms with E-state index in [0.29, 0.717) is 5.57 Å². The first-order chi connectivity index (χ1) is 12.2. The maximum Gasteiger partial charge on any atom is 0.333 e. The Kier molecular flexibility index (Phi) is 14.8. The standard InChI is InChI=1S/C10H28O2Si3.C7H12N2O3/c1-8-9-13-10(11-14(2,3)4)12-15(5,6)7;1-5(2)6(10)12-4-3-9-7(8)11/h10H,8-9,13H2,1-7H3;1,3-4H2,2H3,(H3,8,9,11). The van der Waals surface area contributed by atoms with Gasteiger partial charge in [-0.3, -0.25) is 0 Å². The minimum atomic E-state index is -1.44. The van der Waals surface area contributed by atoms with Crippen molar-refractivity contribution in [2.75, 3.05) is 13.2 Å². The minimum Gasteiger partial charge on any atom is -0.460 e. The molecule has 0 heterocycles. The average molecular weight is 437 g/mol. The number of rotatable bonds is 11. The lowest BCUT2D eigenvalue weighted by Crippen LogP contribution is -2.42. The number of hydrogen-bond acceptors (Lipinski definition) is 5. The molecule has 2 amide bonds. The van der Waals surface area contributed by atoms with E-state index in [-0.39, 0.29) is 28.6 Å². The number of nitrogens with two attached hydrogens (primary N) is 1. The van der Waals surface area contributed by atoms with Crippen molar-refractivity contribution in [2.24, 2.45) is 5.73 Å². The molecule has 0 aliphatic heterocycles. The van der Waals surface area contributed by atoms with Gasteiger partial charge in [-0.05, 0) is 46.2 Å². The third kappa shape index (κ3) is 23.0. The first-order valence-corrected chi connectivity index (χ1v) is 18.0. The Bertz CT molecular complexity index is 446. The zero-order valence-corrected chi connectivity index (χ0v) is 21.9. The molecule has 0 rings (SSSR count). The van der Waals surface area contributed by atoms with Crippen molar-refractivity contribution in [3.05, 3.63) is 12.2 Å². The van der Waals surface area contributed by atoms with Gasteiger partial charge in [-0.15, -0.1) is 0 Å². The molecule has 0 saturated heterocycles. The van der Waals surface area contributed by atoms with Crippen molar-refractivity contribution in [1.29, 1.82) is 0 Å². The summed E-state index contributed by atoms with van der Waals surface area (Å²) in [5.41, 5.74) is 5.09. The fourth-order valence-corrected chi connectivity index (χ4v) is 8.20. The highest BCUT2D eigenvalue weighted by molar-refractivity contribution is 6.71. The van der Waals surface area contributed by atoms with Crippen LogP contribution >= 0.6 is 0 Å². The molecule has 0 unspecified atom stereocenters. The highest BCUT2D eigenvalue weighted by Crippen LogP contribution is 2.14. The maximum atomic E-state index is 10.7. The summed E-state index contributed by atoms with van der Waals surface area (Å²) in [5.74, 6) is -0.287. The number of ether oxygens (including phenoxy) is 1. The van der Waals surface area contributed by atoms with Gasteiger partial charge >= 0.3 is 12.0 Å². The quantitative estimate of drug-likeness (QED) is 0.170. The van der Waals surface area contributed by atoms with E-state index < -0.39 is 28.6 Å². The SMILES string of the molecule is C=C(C)C(=O)OCCNC(N)=O.CCC[SiH2]C(O[Si](C)(C)C)O[Si](C)(C)C. The molecular formula is C17H40N2O5Si3. The van der Waals surface area contributed by atoms with Crippen LogP contribution in [0.4, 0.5) is 4.79 Å². The van der Waals surface area contributed by atoms with Crippen molar-refractivity contribution in [3.8, 4) is 0 Å². The van der Waals surface area contributed by atoms with Gasteiger partial charge in [-0.1, -0.05) is 26.0 Å². The second-order valence-corrected chi connectivity index (χ2v) is 19.1. The number of carbonyl (C=O) groups is 2. The van der Waals surface area contributed by atoms with Crippen LogP contribution in [0, 0.1) is 0 Å². The van der Waals surface area contributed by atoms with Gasteiger partial charge < -0.3 is 24.6 Å². The minimum absolute atomic E-state index is 0.106. The number of urea groups is 1. The molecular weight excluding hydrogens is 396 g/mol. The third-order valence-electron chi connectivity index (χ3n) is 2.75. The van der Waals surface area contributed by atoms with E-state index in [1.807, 2.05) is 0 Å². The fraction of sp³-hybridized carbons (Fsp3) is 0.765. The monoisotopic (exact) mass is 436 g/mol. The summed E-state index contributed by atoms with van der Waals surface area (Å²) < 4.78 is 16.9. The molecule has 0 atom stereocenters. The normalized spacial score (nSPS) is 11.9. The van der Waals surface area contributed by atoms with E-state index in [1.54, 1.807) is 6.92 Å². The van der Waals surface area contributed by atoms with Gasteiger partial charge in [0.15, 0.2) is 16.6 Å². The van der Waals surface area contributed by atoms with Gasteiger partial charge in [0, 0.05) is 5.57 Å². The fourth-order valence-electron chi connectivity index (χ4n) is 1.74. The molecule has 27 heavy (non-hydrogen) atoms. The molecule has 0 aliphatic rings. The maximum absolute atomic E-state index is 10.7. The Morgan fingerprint density at radius 3 is 1.93 bits per heavy atom. The molecule has 160 valence electrons. The molecule has 0 saturated carbocycles. The van der Waals surface area contributed by atoms with Crippen LogP contribution in [0.1, 0.15) is 20.3 Å². The lowest BCUT2D eigenvalue weighted by atomic mass is 10.4. The molecule has 0 spiro atoms. The van der Waals surface area contributed by atoms with E-state index in [1.165, 1.54) is 12.5 Å². The van der Waals surface area contributed by atoms with Gasteiger partial charge in [0.2, 0.25) is 0 Å². The van der Waals surface area contributed by atoms with Gasteiger partial charge in [0.1, 0.15) is 12.5 Å². The van der Waals surface area contributed by atoms with E-state index >= 15 is 0 Å². The number of amides is 2. The molecule has 3 N–H and O–H groups in total. The van der Waals surface area contributed by atoms with Crippen LogP contribution in [0.2, 0.25) is 45.3 Å². The number of carbonyl (C=O) groups excluding carboxylic acids is 2. The number of nitrogens with one attached hydrogen (secondary N) is 1. The molecule has 0 radical (unpaired) electrons. The van der Waals surface area contributed by atoms with Gasteiger partial charge in [-0.2, -0.15) is 0 Å². The van der Waals surface area contributed by atoms with Crippen molar-refractivity contribution in [2.45, 2.75) is 71.5 Å². The van der Waals surface area contributed by atoms with E-state index in [0.717, 1.165) is 0 Å². The Morgan fingerprint density at radius 1 is 1.11 bits per heavy atom. The van der Waals surface area contributed by atoms with Crippen LogP contribution in [0.5, 0.6) is 0 Å². The van der Waals surface area contributed by atoms with E-state index in [2.05, 4.69) is 62.8 Å². The Morgan fingerprint density at radius 2 is 1.59 bits per heavy atom. The van der Waals surface area contributed by atoms with Crippen molar-refractivity contribution < 1.29 is 23.2 Å². The molecule has 0 aromatic heterocycles. The lowest BCUT2D eigenvalue weighted by molar-refractivity contribution is -0.138. The predicted molar refractivity (Wildman–Crippen MR) is 120 cm³/mol. The average Bonchev–Trinajstić information content (AvgIpc) is 2.46. The molecule has 0 aromatic rings. The molecule has 0 aromatic carbocycles. The Labute approximate surface area is 169 Å². The first-order valence-electron chi connectivity index (χ1n) is 9.39. The second-order valence-electron chi connectivity index (χ2n) is 8.24. The summed E-state index contributed by atoms with van der Waals surface area (Å²) in [4.78, 5) is 20.9. The molecule has 10 heteroatoms. The van der Waals surface area contributed by atoms with Crippen molar-refractivity contribution >= 4 is 38.2 Å². The molecule has 7 nitrogen and oxygen atoms in total. The Balaban J connectivity index is 0. The molecule has 0 aliphatic carbocycles. The molecule has 0 bridgehead atoms. The predicted octanol–water partition coefficient (Wildman–Crippen LogP) is 2.74. The van der Waals surface area contributed by atoms with Gasteiger partial charge in [0.25, 0.3) is 0 Å². The summed E-state index contributed by atoms with van der Waals surface area (Å²) in [6.07, 6.45) is 1.27. The highest BCUT2D eigenvalue weighted by Gasteiger charge is 2.26. The van der Waals surface area contributed by atoms with Crippen LogP contribution in [0.15, 0.2) is 12.2 Å². The zero-order chi connectivity index (χ0) is 21.7. The molecule has 0 fully saturated rings. The van der Waals surface area contributed by atoms with Crippen LogP contribution in [-0.2, 0) is 18.4 Å². The summed E-state index contributed by atoms with van der Waals surface area (Å²) in [5, 5.41) is 2.27. The van der Waals surface area contributed by atoms with Gasteiger partial charge in [-0.25, -0.2) is 9.59 Å². The number of primary amides is 1. The largest absolute Gasteiger partial charge is 0.460 e. The lowest BCUT2D eigenvalue weighted by Gasteiger charge is -2.31. The first kappa shape index (κ1) is 28.3. The van der Waals surface area contributed by atoms with Crippen molar-refractivity contribution in [3.63, 3.8) is 0 Å². The van der Waals surface area contributed by atoms with Crippen LogP contribution in [-0.4, -0.2) is 57.2 Å². The van der Waals surface area contributed by atoms with E-state index in [4.69, 9.17) is 14.6 Å². The Hall–Kier alpha value is -0.949. The van der Waals surface area contributed by atoms with Gasteiger partial charge in [0.05, 0.1) is 16.1 Å². The van der Waals surface area contributed by atoms with Crippen LogP contribution in [0.3, 0.4) is 0 Å². The van der Waals surface area contributed by atoms with Crippen LogP contribution in [0.25, 0.3) is 0 Å². The number of hydrogen-bond donors (Lipinski definition) is 2. The summed E-state index contributed by atoms with van der Waals surface area (Å²) in [6.45, 7) is 21.0.